The van der Waals surface area contributed by atoms with Crippen molar-refractivity contribution in [1.82, 2.24) is 5.32 Å². The number of nitroso groups, excluding NO2 is 1. The highest BCUT2D eigenvalue weighted by atomic mass is 16.3. The largest absolute Gasteiger partial charge is 0.306 e. The lowest BCUT2D eigenvalue weighted by molar-refractivity contribution is -0.551. The van der Waals surface area contributed by atoms with Gasteiger partial charge in [-0.25, -0.2) is 0 Å². The van der Waals surface area contributed by atoms with E-state index in [0.29, 0.717) is 6.04 Å². The second-order valence-corrected chi connectivity index (χ2v) is 8.73. The second-order valence-electron chi connectivity index (χ2n) is 8.73. The number of nitrogens with one attached hydrogen (secondary N) is 1. The van der Waals surface area contributed by atoms with E-state index in [2.05, 4.69) is 11.4 Å². The summed E-state index contributed by atoms with van der Waals surface area (Å²) in [6, 6.07) is 0.484. The second kappa shape index (κ2) is 5.47. The first-order valence-electron chi connectivity index (χ1n) is 9.89. The van der Waals surface area contributed by atoms with Gasteiger partial charge in [0.1, 0.15) is 5.78 Å². The molecule has 132 valence electrons. The summed E-state index contributed by atoms with van der Waals surface area (Å²) in [5.41, 5.74) is 6.35. The minimum atomic E-state index is 0.0303. The van der Waals surface area contributed by atoms with Crippen LogP contribution in [0.5, 0.6) is 0 Å². The van der Waals surface area contributed by atoms with Gasteiger partial charge in [-0.15, -0.1) is 0 Å². The molecule has 0 amide bonds. The molecule has 4 atom stereocenters. The number of nitrogens with zero attached hydrogens (tertiary/aromatic N) is 1. The fourth-order valence-corrected chi connectivity index (χ4v) is 5.70. The van der Waals surface area contributed by atoms with Crippen LogP contribution in [0.2, 0.25) is 0 Å². The molecule has 25 heavy (non-hydrogen) atoms. The molecule has 0 aromatic heterocycles. The Morgan fingerprint density at radius 1 is 1.24 bits per heavy atom. The van der Waals surface area contributed by atoms with Crippen LogP contribution in [0, 0.1) is 22.7 Å². The number of rotatable bonds is 3. The monoisotopic (exact) mass is 339 g/mol. The van der Waals surface area contributed by atoms with Crippen LogP contribution in [0.4, 0.5) is 0 Å². The Morgan fingerprint density at radius 2 is 2.04 bits per heavy atom. The quantitative estimate of drug-likeness (QED) is 0.802. The third-order valence-electron chi connectivity index (χ3n) is 7.09. The Morgan fingerprint density at radius 3 is 2.76 bits per heavy atom. The van der Waals surface area contributed by atoms with E-state index in [1.807, 2.05) is 6.92 Å². The summed E-state index contributed by atoms with van der Waals surface area (Å²) in [6.45, 7) is 4.62. The highest BCUT2D eigenvalue weighted by Gasteiger charge is 2.51. The number of ketones is 1. The molecule has 0 spiro atoms. The van der Waals surface area contributed by atoms with Gasteiger partial charge in [0.15, 0.2) is 0 Å². The number of fused-ring (bicyclic) bond motifs is 1. The average Bonchev–Trinajstić information content (AvgIpc) is 3.32. The number of carbonyl (C=O) groups excluding carboxylic acids is 1. The molecular weight excluding hydrogens is 312 g/mol. The van der Waals surface area contributed by atoms with Crippen LogP contribution in [-0.4, -0.2) is 29.2 Å². The Hall–Kier alpha value is -1.55. The molecule has 5 rings (SSSR count). The molecule has 4 heteroatoms. The predicted octanol–water partition coefficient (Wildman–Crippen LogP) is 3.44. The summed E-state index contributed by atoms with van der Waals surface area (Å²) in [5.74, 6) is 1.33. The Bertz CT molecular complexity index is 769. The average molecular weight is 339 g/mol. The van der Waals surface area contributed by atoms with E-state index in [4.69, 9.17) is 0 Å². The maximum Gasteiger partial charge on any atom is 0.230 e. The molecule has 2 fully saturated rings. The standard InChI is InChI=1S/C21H27N2O2/c1-11-7-17-16(19(23(11)25)8-13-3-4-13)9-14-10-22-18-6-5-15(12(2)24)21(17)20(14)18/h7,13,15-16,18-19,22H,3-6,8-10H2,1-2H3/q+1. The van der Waals surface area contributed by atoms with E-state index in [-0.39, 0.29) is 23.7 Å². The molecule has 4 nitrogen and oxygen atoms in total. The molecule has 4 unspecified atom stereocenters. The van der Waals surface area contributed by atoms with Crippen LogP contribution < -0.4 is 5.32 Å². The summed E-state index contributed by atoms with van der Waals surface area (Å²) in [4.78, 5) is 25.3. The molecule has 5 aliphatic rings. The number of carbonyl (C=O) groups is 1. The number of allylic oxidation sites excluding steroid dienone is 2. The van der Waals surface area contributed by atoms with Gasteiger partial charge in [0.2, 0.25) is 11.7 Å². The summed E-state index contributed by atoms with van der Waals surface area (Å²) in [6.07, 6.45) is 8.68. The van der Waals surface area contributed by atoms with Gasteiger partial charge in [0.25, 0.3) is 0 Å². The fourth-order valence-electron chi connectivity index (χ4n) is 5.70. The van der Waals surface area contributed by atoms with Gasteiger partial charge in [-0.3, -0.25) is 4.79 Å². The third kappa shape index (κ3) is 2.33. The molecule has 0 radical (unpaired) electrons. The lowest BCUT2D eigenvalue weighted by atomic mass is 9.65. The van der Waals surface area contributed by atoms with Gasteiger partial charge in [-0.05, 0) is 61.7 Å². The summed E-state index contributed by atoms with van der Waals surface area (Å²) < 4.78 is 1.28. The summed E-state index contributed by atoms with van der Waals surface area (Å²) in [5, 5.41) is 3.66. The third-order valence-corrected chi connectivity index (χ3v) is 7.09. The zero-order valence-electron chi connectivity index (χ0n) is 15.2. The Kier molecular flexibility index (Phi) is 3.43. The minimum Gasteiger partial charge on any atom is -0.306 e. The van der Waals surface area contributed by atoms with Crippen LogP contribution >= 0.6 is 0 Å². The molecule has 0 aromatic rings. The lowest BCUT2D eigenvalue weighted by Gasteiger charge is -2.39. The SMILES string of the molecule is CC(=O)C1CCC2NCC3=C2C1=C1C=C(C)[N+](=O)C(CC2CC2)C1C3. The normalized spacial score (nSPS) is 37.0. The molecule has 3 aliphatic carbocycles. The number of hydrogen-bond acceptors (Lipinski definition) is 3. The predicted molar refractivity (Wildman–Crippen MR) is 95.9 cm³/mol. The van der Waals surface area contributed by atoms with Crippen molar-refractivity contribution in [3.8, 4) is 0 Å². The van der Waals surface area contributed by atoms with Crippen LogP contribution in [-0.2, 0) is 4.79 Å². The first-order chi connectivity index (χ1) is 12.0. The Labute approximate surface area is 149 Å². The highest BCUT2D eigenvalue weighted by Crippen LogP contribution is 2.51. The topological polar surface area (TPSA) is 49.2 Å². The summed E-state index contributed by atoms with van der Waals surface area (Å²) in [7, 11) is 0. The van der Waals surface area contributed by atoms with Crippen molar-refractivity contribution in [2.24, 2.45) is 17.8 Å². The van der Waals surface area contributed by atoms with Crippen molar-refractivity contribution in [2.75, 3.05) is 6.54 Å². The van der Waals surface area contributed by atoms with E-state index < -0.39 is 0 Å². The molecule has 2 heterocycles. The van der Waals surface area contributed by atoms with Crippen molar-refractivity contribution in [3.63, 3.8) is 0 Å². The van der Waals surface area contributed by atoms with Crippen molar-refractivity contribution in [3.05, 3.63) is 39.0 Å². The number of Topliss-reactive ketones (excluding diaryl/α,β-unsaturated/α-hetero) is 1. The van der Waals surface area contributed by atoms with Crippen LogP contribution in [0.25, 0.3) is 0 Å². The lowest BCUT2D eigenvalue weighted by Crippen LogP contribution is -2.41. The van der Waals surface area contributed by atoms with Gasteiger partial charge >= 0.3 is 0 Å². The van der Waals surface area contributed by atoms with Crippen molar-refractivity contribution in [2.45, 2.75) is 64.5 Å². The van der Waals surface area contributed by atoms with Crippen LogP contribution in [0.3, 0.4) is 0 Å². The van der Waals surface area contributed by atoms with Crippen molar-refractivity contribution >= 4 is 5.78 Å². The van der Waals surface area contributed by atoms with E-state index in [9.17, 15) is 9.70 Å². The molecule has 1 N–H and O–H groups in total. The smallest absolute Gasteiger partial charge is 0.230 e. The van der Waals surface area contributed by atoms with Gasteiger partial charge in [0, 0.05) is 47.6 Å². The maximum absolute atomic E-state index is 12.9. The molecule has 2 aliphatic heterocycles. The first kappa shape index (κ1) is 15.7. The fraction of sp³-hybridized carbons (Fsp3) is 0.667. The van der Waals surface area contributed by atoms with Crippen LogP contribution in [0.15, 0.2) is 34.1 Å². The summed E-state index contributed by atoms with van der Waals surface area (Å²) >= 11 is 0. The van der Waals surface area contributed by atoms with Crippen molar-refractivity contribution in [1.29, 1.82) is 0 Å². The van der Waals surface area contributed by atoms with E-state index in [1.54, 1.807) is 6.92 Å². The van der Waals surface area contributed by atoms with Gasteiger partial charge in [0.05, 0.1) is 5.92 Å². The van der Waals surface area contributed by atoms with E-state index in [0.717, 1.165) is 43.8 Å². The molecule has 0 saturated heterocycles. The number of hydrogen-bond donors (Lipinski definition) is 1. The molecule has 0 bridgehead atoms. The maximum atomic E-state index is 12.9. The van der Waals surface area contributed by atoms with Gasteiger partial charge in [-0.2, -0.15) is 0 Å². The van der Waals surface area contributed by atoms with E-state index in [1.165, 1.54) is 39.9 Å². The van der Waals surface area contributed by atoms with Gasteiger partial charge in [-0.1, -0.05) is 5.57 Å². The Balaban J connectivity index is 1.66. The zero-order valence-corrected chi connectivity index (χ0v) is 15.2. The minimum absolute atomic E-state index is 0.0303. The highest BCUT2D eigenvalue weighted by molar-refractivity contribution is 5.84. The molecular formula is C21H27N2O2+. The van der Waals surface area contributed by atoms with Gasteiger partial charge < -0.3 is 5.32 Å². The van der Waals surface area contributed by atoms with E-state index >= 15 is 0 Å². The van der Waals surface area contributed by atoms with Crippen molar-refractivity contribution < 1.29 is 9.55 Å². The zero-order chi connectivity index (χ0) is 17.3. The molecule has 2 saturated carbocycles. The van der Waals surface area contributed by atoms with Crippen LogP contribution in [0.1, 0.15) is 52.4 Å². The first-order valence-corrected chi connectivity index (χ1v) is 9.89. The molecule has 0 aromatic carbocycles.